The Kier molecular flexibility index (Phi) is 7.04. The van der Waals surface area contributed by atoms with Gasteiger partial charge in [-0.05, 0) is 90.0 Å². The van der Waals surface area contributed by atoms with Crippen molar-refractivity contribution in [2.75, 3.05) is 0 Å². The highest BCUT2D eigenvalue weighted by Crippen LogP contribution is 2.41. The van der Waals surface area contributed by atoms with E-state index in [-0.39, 0.29) is 17.5 Å². The van der Waals surface area contributed by atoms with E-state index in [4.69, 9.17) is 9.47 Å². The third kappa shape index (κ3) is 5.90. The third-order valence-corrected chi connectivity index (χ3v) is 6.10. The number of benzene rings is 5. The van der Waals surface area contributed by atoms with Gasteiger partial charge in [0.1, 0.15) is 28.7 Å². The van der Waals surface area contributed by atoms with Crippen molar-refractivity contribution in [3.8, 4) is 39.9 Å². The van der Waals surface area contributed by atoms with Gasteiger partial charge in [-0.25, -0.2) is 0 Å². The average molecular weight is 491 g/mol. The summed E-state index contributed by atoms with van der Waals surface area (Å²) in [6.07, 6.45) is 1.77. The van der Waals surface area contributed by atoms with E-state index in [2.05, 4.69) is 0 Å². The van der Waals surface area contributed by atoms with E-state index in [1.165, 1.54) is 0 Å². The van der Waals surface area contributed by atoms with E-state index in [9.17, 15) is 15.0 Å². The molecule has 184 valence electrons. The fraction of sp³-hybridized carbons (Fsp3) is 0.0938. The van der Waals surface area contributed by atoms with Crippen molar-refractivity contribution in [3.63, 3.8) is 0 Å². The largest absolute Gasteiger partial charge is 0.508 e. The molecule has 0 bridgehead atoms. The quantitative estimate of drug-likeness (QED) is 0.173. The second-order valence-electron chi connectivity index (χ2n) is 8.78. The molecule has 0 aliphatic heterocycles. The molecule has 0 aromatic heterocycles. The van der Waals surface area contributed by atoms with Crippen LogP contribution in [0.25, 0.3) is 21.9 Å². The third-order valence-electron chi connectivity index (χ3n) is 6.10. The number of aryl methyl sites for hydroxylation is 1. The maximum absolute atomic E-state index is 12.1. The first-order chi connectivity index (χ1) is 18.0. The smallest absolute Gasteiger partial charge is 0.311 e. The molecule has 0 saturated carbocycles. The molecule has 0 atom stereocenters. The monoisotopic (exact) mass is 490 g/mol. The van der Waals surface area contributed by atoms with Gasteiger partial charge in [0, 0.05) is 17.4 Å². The number of carbonyl (C=O) groups is 1. The molecule has 5 nitrogen and oxygen atoms in total. The van der Waals surface area contributed by atoms with E-state index in [0.717, 1.165) is 33.9 Å². The molecule has 0 aliphatic rings. The van der Waals surface area contributed by atoms with Crippen LogP contribution in [0, 0.1) is 0 Å². The van der Waals surface area contributed by atoms with Crippen LogP contribution in [0.1, 0.15) is 18.4 Å². The fourth-order valence-electron chi connectivity index (χ4n) is 4.22. The lowest BCUT2D eigenvalue weighted by molar-refractivity contribution is -0.134. The highest BCUT2D eigenvalue weighted by molar-refractivity contribution is 5.96. The molecule has 5 aromatic rings. The van der Waals surface area contributed by atoms with Gasteiger partial charge in [0.15, 0.2) is 0 Å². The summed E-state index contributed by atoms with van der Waals surface area (Å²) in [5.74, 6) is 2.04. The molecule has 2 N–H and O–H groups in total. The van der Waals surface area contributed by atoms with Gasteiger partial charge in [0.05, 0.1) is 0 Å². The molecular weight excluding hydrogens is 464 g/mol. The van der Waals surface area contributed by atoms with E-state index in [0.29, 0.717) is 30.1 Å². The Balaban J connectivity index is 1.30. The molecule has 0 heterocycles. The zero-order valence-corrected chi connectivity index (χ0v) is 20.1. The van der Waals surface area contributed by atoms with Crippen LogP contribution in [-0.2, 0) is 11.2 Å². The Labute approximate surface area is 215 Å². The Morgan fingerprint density at radius 2 is 1.43 bits per heavy atom. The van der Waals surface area contributed by atoms with Crippen LogP contribution in [0.4, 0.5) is 0 Å². The van der Waals surface area contributed by atoms with Crippen molar-refractivity contribution in [3.05, 3.63) is 115 Å². The lowest BCUT2D eigenvalue weighted by Gasteiger charge is -2.15. The Morgan fingerprint density at radius 1 is 0.703 bits per heavy atom. The first-order valence-electron chi connectivity index (χ1n) is 12.1. The zero-order valence-electron chi connectivity index (χ0n) is 20.1. The number of para-hydroxylation sites is 1. The minimum atomic E-state index is -0.241. The Morgan fingerprint density at radius 3 is 2.19 bits per heavy atom. The molecule has 0 radical (unpaired) electrons. The molecule has 37 heavy (non-hydrogen) atoms. The van der Waals surface area contributed by atoms with Crippen LogP contribution in [0.15, 0.2) is 109 Å². The van der Waals surface area contributed by atoms with Crippen molar-refractivity contribution in [2.24, 2.45) is 0 Å². The van der Waals surface area contributed by atoms with E-state index in [1.54, 1.807) is 36.4 Å². The normalized spacial score (nSPS) is 10.8. The number of aromatic hydroxyl groups is 2. The predicted octanol–water partition coefficient (Wildman–Crippen LogP) is 7.64. The molecule has 0 unspecified atom stereocenters. The van der Waals surface area contributed by atoms with E-state index in [1.807, 2.05) is 72.8 Å². The molecule has 0 saturated heterocycles. The van der Waals surface area contributed by atoms with Gasteiger partial charge >= 0.3 is 5.97 Å². The topological polar surface area (TPSA) is 76.0 Å². The van der Waals surface area contributed by atoms with Gasteiger partial charge in [-0.2, -0.15) is 0 Å². The fourth-order valence-corrected chi connectivity index (χ4v) is 4.22. The lowest BCUT2D eigenvalue weighted by atomic mass is 9.99. The Bertz CT molecular complexity index is 1510. The summed E-state index contributed by atoms with van der Waals surface area (Å²) in [7, 11) is 0. The zero-order chi connectivity index (χ0) is 25.6. The first kappa shape index (κ1) is 23.9. The van der Waals surface area contributed by atoms with Crippen molar-refractivity contribution in [1.29, 1.82) is 0 Å². The number of hydrogen-bond acceptors (Lipinski definition) is 5. The van der Waals surface area contributed by atoms with Crippen LogP contribution < -0.4 is 9.47 Å². The molecule has 0 amide bonds. The summed E-state index contributed by atoms with van der Waals surface area (Å²) in [6, 6.07) is 32.9. The van der Waals surface area contributed by atoms with Gasteiger partial charge in [-0.3, -0.25) is 4.79 Å². The maximum atomic E-state index is 12.1. The number of fused-ring (bicyclic) bond motifs is 1. The van der Waals surface area contributed by atoms with Crippen molar-refractivity contribution in [2.45, 2.75) is 19.3 Å². The molecule has 0 spiro atoms. The van der Waals surface area contributed by atoms with Gasteiger partial charge in [-0.1, -0.05) is 48.5 Å². The highest BCUT2D eigenvalue weighted by Gasteiger charge is 2.13. The van der Waals surface area contributed by atoms with Crippen LogP contribution >= 0.6 is 0 Å². The molecule has 5 aromatic carbocycles. The second kappa shape index (κ2) is 10.9. The average Bonchev–Trinajstić information content (AvgIpc) is 2.91. The van der Waals surface area contributed by atoms with E-state index >= 15 is 0 Å². The number of carbonyl (C=O) groups excluding carboxylic acids is 1. The summed E-state index contributed by atoms with van der Waals surface area (Å²) in [4.78, 5) is 12.1. The van der Waals surface area contributed by atoms with Crippen molar-refractivity contribution in [1.82, 2.24) is 0 Å². The minimum absolute atomic E-state index is 0.188. The maximum Gasteiger partial charge on any atom is 0.311 e. The first-order valence-corrected chi connectivity index (χ1v) is 12.1. The highest BCUT2D eigenvalue weighted by atomic mass is 16.5. The summed E-state index contributed by atoms with van der Waals surface area (Å²) < 4.78 is 11.7. The predicted molar refractivity (Wildman–Crippen MR) is 144 cm³/mol. The number of phenolic OH excluding ortho intramolecular Hbond substituents is 2. The second-order valence-corrected chi connectivity index (χ2v) is 8.78. The van der Waals surface area contributed by atoms with Gasteiger partial charge in [0.25, 0.3) is 0 Å². The SMILES string of the molecule is O=C(CCCc1ccc(Oc2c(-c3ccc(O)cc3)ccc3cc(O)ccc23)cc1)Oc1ccccc1. The lowest BCUT2D eigenvalue weighted by Crippen LogP contribution is -2.07. The van der Waals surface area contributed by atoms with Crippen molar-refractivity contribution >= 4 is 16.7 Å². The number of hydrogen-bond donors (Lipinski definition) is 2. The summed E-state index contributed by atoms with van der Waals surface area (Å²) in [5, 5.41) is 21.4. The molecule has 5 heteroatoms. The number of phenols is 2. The molecular formula is C32H26O5. The van der Waals surface area contributed by atoms with Crippen LogP contribution in [-0.4, -0.2) is 16.2 Å². The summed E-state index contributed by atoms with van der Waals surface area (Å²) in [6.45, 7) is 0. The summed E-state index contributed by atoms with van der Waals surface area (Å²) >= 11 is 0. The molecule has 0 aliphatic carbocycles. The standard InChI is InChI=1S/C32H26O5/c33-25-14-11-23(12-15-25)29-19-13-24-21-26(34)16-20-30(24)32(29)37-28-17-9-22(10-18-28)5-4-8-31(35)36-27-6-2-1-3-7-27/h1-3,6-7,9-21,33-34H,4-5,8H2. The van der Waals surface area contributed by atoms with Gasteiger partial charge in [0.2, 0.25) is 0 Å². The number of esters is 1. The molecule has 5 rings (SSSR count). The minimum Gasteiger partial charge on any atom is -0.508 e. The van der Waals surface area contributed by atoms with Gasteiger partial charge < -0.3 is 19.7 Å². The van der Waals surface area contributed by atoms with Crippen molar-refractivity contribution < 1.29 is 24.5 Å². The number of rotatable bonds is 8. The van der Waals surface area contributed by atoms with Crippen LogP contribution in [0.3, 0.4) is 0 Å². The van der Waals surface area contributed by atoms with Gasteiger partial charge in [-0.15, -0.1) is 0 Å². The van der Waals surface area contributed by atoms with Crippen LogP contribution in [0.5, 0.6) is 28.7 Å². The van der Waals surface area contributed by atoms with E-state index < -0.39 is 0 Å². The molecule has 0 fully saturated rings. The number of ether oxygens (including phenoxy) is 2. The van der Waals surface area contributed by atoms with Crippen LogP contribution in [0.2, 0.25) is 0 Å². The summed E-state index contributed by atoms with van der Waals surface area (Å²) in [5.41, 5.74) is 2.88. The Hall–Kier alpha value is -4.77.